The van der Waals surface area contributed by atoms with Crippen LogP contribution in [0.5, 0.6) is 0 Å². The van der Waals surface area contributed by atoms with Gasteiger partial charge in [-0.15, -0.1) is 0 Å². The van der Waals surface area contributed by atoms with Gasteiger partial charge in [0.2, 0.25) is 20.0 Å². The van der Waals surface area contributed by atoms with Crippen molar-refractivity contribution in [3.05, 3.63) is 47.5 Å². The first-order valence-corrected chi connectivity index (χ1v) is 15.6. The number of hydrogen-bond donors (Lipinski definition) is 0. The number of rotatable bonds is 4. The predicted octanol–water partition coefficient (Wildman–Crippen LogP) is 4.23. The molecule has 7 nitrogen and oxygen atoms in total. The maximum atomic E-state index is 14.3. The molecule has 2 aromatic carbocycles. The molecule has 4 atom stereocenters. The number of benzene rings is 2. The van der Waals surface area contributed by atoms with Crippen molar-refractivity contribution in [1.29, 1.82) is 0 Å². The first-order valence-electron chi connectivity index (χ1n) is 12.7. The molecule has 194 valence electrons. The molecule has 2 fully saturated rings. The summed E-state index contributed by atoms with van der Waals surface area (Å²) < 4.78 is 59.5. The third-order valence-corrected chi connectivity index (χ3v) is 11.6. The van der Waals surface area contributed by atoms with Gasteiger partial charge in [-0.2, -0.15) is 8.61 Å². The quantitative estimate of drug-likeness (QED) is 0.503. The topological polar surface area (TPSA) is 91.8 Å². The van der Waals surface area contributed by atoms with Gasteiger partial charge in [0.15, 0.2) is 5.78 Å². The lowest BCUT2D eigenvalue weighted by Crippen LogP contribution is -2.45. The summed E-state index contributed by atoms with van der Waals surface area (Å²) in [5.74, 6) is 0.157. The molecule has 0 spiro atoms. The molecule has 0 aromatic heterocycles. The summed E-state index contributed by atoms with van der Waals surface area (Å²) in [7, 11) is -8.44. The Kier molecular flexibility index (Phi) is 6.42. The Hall–Kier alpha value is -2.07. The fraction of sp³-hybridized carbons (Fsp3) is 0.519. The van der Waals surface area contributed by atoms with Crippen molar-refractivity contribution in [2.75, 3.05) is 26.2 Å². The second-order valence-electron chi connectivity index (χ2n) is 11.2. The molecule has 36 heavy (non-hydrogen) atoms. The van der Waals surface area contributed by atoms with Crippen LogP contribution in [0.1, 0.15) is 56.5 Å². The van der Waals surface area contributed by atoms with Crippen LogP contribution in [0, 0.1) is 23.7 Å². The van der Waals surface area contributed by atoms with Gasteiger partial charge in [-0.1, -0.05) is 58.0 Å². The van der Waals surface area contributed by atoms with Gasteiger partial charge in [-0.25, -0.2) is 16.8 Å². The average Bonchev–Trinajstić information content (AvgIpc) is 3.09. The number of carbonyl (C=O) groups excluding carboxylic acids is 1. The van der Waals surface area contributed by atoms with Crippen LogP contribution < -0.4 is 0 Å². The molecule has 2 aliphatic heterocycles. The van der Waals surface area contributed by atoms with E-state index >= 15 is 0 Å². The fourth-order valence-electron chi connectivity index (χ4n) is 6.40. The molecule has 1 aliphatic carbocycles. The number of fused-ring (bicyclic) bond motifs is 3. The largest absolute Gasteiger partial charge is 0.289 e. The zero-order valence-electron chi connectivity index (χ0n) is 21.3. The lowest BCUT2D eigenvalue weighted by Gasteiger charge is -2.36. The Morgan fingerprint density at radius 3 is 1.64 bits per heavy atom. The summed E-state index contributed by atoms with van der Waals surface area (Å²) >= 11 is 0. The lowest BCUT2D eigenvalue weighted by molar-refractivity contribution is 0.104. The van der Waals surface area contributed by atoms with Gasteiger partial charge < -0.3 is 0 Å². The van der Waals surface area contributed by atoms with Crippen molar-refractivity contribution in [3.63, 3.8) is 0 Å². The van der Waals surface area contributed by atoms with E-state index in [4.69, 9.17) is 0 Å². The highest BCUT2D eigenvalue weighted by Crippen LogP contribution is 2.44. The van der Waals surface area contributed by atoms with Crippen molar-refractivity contribution >= 4 is 25.8 Å². The van der Waals surface area contributed by atoms with Gasteiger partial charge >= 0.3 is 0 Å². The first kappa shape index (κ1) is 25.6. The number of nitrogens with zero attached hydrogens (tertiary/aromatic N) is 2. The van der Waals surface area contributed by atoms with Gasteiger partial charge in [-0.05, 0) is 53.7 Å². The average molecular weight is 531 g/mol. The van der Waals surface area contributed by atoms with E-state index in [1.807, 2.05) is 27.7 Å². The normalized spacial score (nSPS) is 27.6. The summed E-state index contributed by atoms with van der Waals surface area (Å²) in [5.41, 5.74) is 1.51. The third-order valence-electron chi connectivity index (χ3n) is 7.70. The highest BCUT2D eigenvalue weighted by molar-refractivity contribution is 7.92. The van der Waals surface area contributed by atoms with Crippen LogP contribution in [0.3, 0.4) is 0 Å². The Labute approximate surface area is 214 Å². The number of ketones is 1. The van der Waals surface area contributed by atoms with Crippen LogP contribution in [-0.2, 0) is 20.0 Å². The zero-order chi connectivity index (χ0) is 26.0. The maximum Gasteiger partial charge on any atom is 0.245 e. The molecule has 3 aliphatic rings. The van der Waals surface area contributed by atoms with E-state index in [1.165, 1.54) is 14.7 Å². The fourth-order valence-corrected chi connectivity index (χ4v) is 10.7. The molecular formula is C27H34N2O5S2. The van der Waals surface area contributed by atoms with Gasteiger partial charge in [-0.3, -0.25) is 4.79 Å². The van der Waals surface area contributed by atoms with Gasteiger partial charge in [0.1, 0.15) is 9.79 Å². The van der Waals surface area contributed by atoms with E-state index in [1.54, 1.807) is 30.3 Å². The van der Waals surface area contributed by atoms with Gasteiger partial charge in [0.05, 0.1) is 5.56 Å². The van der Waals surface area contributed by atoms with Crippen molar-refractivity contribution in [2.24, 2.45) is 23.7 Å². The maximum absolute atomic E-state index is 14.3. The number of piperidine rings is 2. The Balaban J connectivity index is 1.74. The SMILES string of the molecule is CC1CC(C)CN(S(=O)(=O)c2ccc3c(c2S(=O)(=O)N2CC(C)CC(C)C2)C(=O)c2ccccc2-3)C1. The molecule has 2 heterocycles. The van der Waals surface area contributed by atoms with Gasteiger partial charge in [0, 0.05) is 31.7 Å². The van der Waals surface area contributed by atoms with Gasteiger partial charge in [0.25, 0.3) is 0 Å². The van der Waals surface area contributed by atoms with Crippen molar-refractivity contribution in [2.45, 2.75) is 50.3 Å². The summed E-state index contributed by atoms with van der Waals surface area (Å²) in [6, 6.07) is 9.98. The van der Waals surface area contributed by atoms with Crippen LogP contribution in [0.15, 0.2) is 46.2 Å². The van der Waals surface area contributed by atoms with Crippen molar-refractivity contribution in [3.8, 4) is 11.1 Å². The van der Waals surface area contributed by atoms with E-state index in [9.17, 15) is 21.6 Å². The van der Waals surface area contributed by atoms with Crippen LogP contribution >= 0.6 is 0 Å². The predicted molar refractivity (Wildman–Crippen MR) is 139 cm³/mol. The number of sulfonamides is 2. The molecule has 2 saturated heterocycles. The smallest absolute Gasteiger partial charge is 0.245 e. The molecule has 0 amide bonds. The van der Waals surface area contributed by atoms with Crippen LogP contribution in [-0.4, -0.2) is 57.4 Å². The molecule has 4 unspecified atom stereocenters. The summed E-state index contributed by atoms with van der Waals surface area (Å²) in [6.07, 6.45) is 1.82. The number of hydrogen-bond acceptors (Lipinski definition) is 5. The minimum atomic E-state index is -4.28. The molecule has 0 radical (unpaired) electrons. The monoisotopic (exact) mass is 530 g/mol. The van der Waals surface area contributed by atoms with E-state index in [-0.39, 0.29) is 39.0 Å². The molecule has 2 aromatic rings. The first-order chi connectivity index (χ1) is 16.9. The molecular weight excluding hydrogens is 496 g/mol. The standard InChI is InChI=1S/C27H34N2O5S2/c1-17-11-18(2)14-28(13-17)35(31,32)24-10-9-22-21-7-5-6-8-23(21)26(30)25(22)27(24)36(33,34)29-15-19(3)12-20(4)16-29/h5-10,17-20H,11-16H2,1-4H3. The van der Waals surface area contributed by atoms with Crippen LogP contribution in [0.25, 0.3) is 11.1 Å². The summed E-state index contributed by atoms with van der Waals surface area (Å²) in [5, 5.41) is 0. The number of carbonyl (C=O) groups is 1. The lowest BCUT2D eigenvalue weighted by atomic mass is 9.93. The second kappa shape index (κ2) is 9.04. The second-order valence-corrected chi connectivity index (χ2v) is 15.0. The minimum absolute atomic E-state index is 0.0127. The summed E-state index contributed by atoms with van der Waals surface area (Å²) in [4.78, 5) is 13.0. The summed E-state index contributed by atoms with van der Waals surface area (Å²) in [6.45, 7) is 9.28. The van der Waals surface area contributed by atoms with E-state index in [2.05, 4.69) is 0 Å². The highest BCUT2D eigenvalue weighted by Gasteiger charge is 2.44. The zero-order valence-corrected chi connectivity index (χ0v) is 22.9. The van der Waals surface area contributed by atoms with E-state index in [0.717, 1.165) is 12.8 Å². The van der Waals surface area contributed by atoms with Crippen molar-refractivity contribution < 1.29 is 21.6 Å². The Morgan fingerprint density at radius 1 is 0.639 bits per heavy atom. The van der Waals surface area contributed by atoms with E-state index < -0.39 is 25.8 Å². The third kappa shape index (κ3) is 4.14. The van der Waals surface area contributed by atoms with Crippen molar-refractivity contribution in [1.82, 2.24) is 8.61 Å². The van der Waals surface area contributed by atoms with E-state index in [0.29, 0.717) is 42.9 Å². The molecule has 0 bridgehead atoms. The van der Waals surface area contributed by atoms with Crippen LogP contribution in [0.2, 0.25) is 0 Å². The molecule has 0 N–H and O–H groups in total. The molecule has 5 rings (SSSR count). The van der Waals surface area contributed by atoms with Crippen LogP contribution in [0.4, 0.5) is 0 Å². The minimum Gasteiger partial charge on any atom is -0.289 e. The Bertz CT molecular complexity index is 1410. The molecule has 0 saturated carbocycles. The highest BCUT2D eigenvalue weighted by atomic mass is 32.2. The Morgan fingerprint density at radius 2 is 1.11 bits per heavy atom. The molecule has 9 heteroatoms.